The number of rotatable bonds is 6. The zero-order valence-corrected chi connectivity index (χ0v) is 14.3. The first-order valence-electron chi connectivity index (χ1n) is 8.34. The van der Waals surface area contributed by atoms with Crippen molar-refractivity contribution in [3.8, 4) is 5.75 Å². The van der Waals surface area contributed by atoms with Crippen LogP contribution in [0.15, 0.2) is 48.7 Å². The fraction of sp³-hybridized carbons (Fsp3) is 0.111. The van der Waals surface area contributed by atoms with Gasteiger partial charge in [-0.15, -0.1) is 0 Å². The van der Waals surface area contributed by atoms with Gasteiger partial charge in [-0.05, 0) is 35.9 Å². The van der Waals surface area contributed by atoms with Gasteiger partial charge in [0.25, 0.3) is 0 Å². The molecule has 0 radical (unpaired) electrons. The van der Waals surface area contributed by atoms with E-state index in [-0.39, 0.29) is 5.75 Å². The number of hydrogen-bond acceptors (Lipinski definition) is 7. The zero-order chi connectivity index (χ0) is 18.8. The largest absolute Gasteiger partial charge is 0.508 e. The first-order valence-corrected chi connectivity index (χ1v) is 8.34. The molecule has 0 bridgehead atoms. The minimum atomic E-state index is -1.22. The van der Waals surface area contributed by atoms with Crippen molar-refractivity contribution < 1.29 is 10.2 Å². The van der Waals surface area contributed by atoms with Crippen LogP contribution >= 0.6 is 0 Å². The van der Waals surface area contributed by atoms with Gasteiger partial charge in [-0.1, -0.05) is 12.1 Å². The number of fused-ring (bicyclic) bond motifs is 1. The highest BCUT2D eigenvalue weighted by Gasteiger charge is 2.18. The predicted octanol–water partition coefficient (Wildman–Crippen LogP) is 2.30. The number of aliphatic hydroxyl groups excluding tert-OH is 1. The fourth-order valence-electron chi connectivity index (χ4n) is 2.83. The lowest BCUT2D eigenvalue weighted by molar-refractivity contribution is 0.187. The number of H-pyrrole nitrogens is 2. The van der Waals surface area contributed by atoms with Crippen molar-refractivity contribution in [1.82, 2.24) is 20.4 Å². The molecule has 8 N–H and O–H groups in total. The number of phenols is 1. The molecule has 0 aliphatic rings. The second kappa shape index (κ2) is 6.98. The third kappa shape index (κ3) is 3.54. The number of benzene rings is 2. The van der Waals surface area contributed by atoms with Crippen molar-refractivity contribution in [3.05, 3.63) is 59.8 Å². The summed E-state index contributed by atoms with van der Waals surface area (Å²) in [6.07, 6.45) is 0.516. The average molecular weight is 365 g/mol. The number of hydrogen-bond donors (Lipinski definition) is 7. The molecule has 0 fully saturated rings. The van der Waals surface area contributed by atoms with E-state index in [0.29, 0.717) is 23.7 Å². The Labute approximate surface area is 154 Å². The predicted molar refractivity (Wildman–Crippen MR) is 103 cm³/mol. The summed E-state index contributed by atoms with van der Waals surface area (Å²) < 4.78 is 0. The van der Waals surface area contributed by atoms with Gasteiger partial charge in [-0.2, -0.15) is 10.2 Å². The molecule has 9 nitrogen and oxygen atoms in total. The molecule has 138 valence electrons. The van der Waals surface area contributed by atoms with E-state index in [9.17, 15) is 10.2 Å². The van der Waals surface area contributed by atoms with Crippen LogP contribution in [0.3, 0.4) is 0 Å². The van der Waals surface area contributed by atoms with Crippen LogP contribution in [0.25, 0.3) is 10.9 Å². The topological polar surface area (TPSA) is 148 Å². The molecule has 1 unspecified atom stereocenters. The third-order valence-electron chi connectivity index (χ3n) is 4.21. The SMILES string of the molecule is NC(O)c1c(NCc2ccc(O)cc2)n[nH]c1Nc1ccc2[nH]ncc2c1. The van der Waals surface area contributed by atoms with Crippen molar-refractivity contribution in [2.75, 3.05) is 10.6 Å². The lowest BCUT2D eigenvalue weighted by atomic mass is 10.2. The maximum absolute atomic E-state index is 10.0. The Morgan fingerprint density at radius 3 is 2.70 bits per heavy atom. The molecule has 4 aromatic rings. The van der Waals surface area contributed by atoms with Crippen molar-refractivity contribution >= 4 is 28.2 Å². The summed E-state index contributed by atoms with van der Waals surface area (Å²) in [4.78, 5) is 0. The lowest BCUT2D eigenvalue weighted by Crippen LogP contribution is -2.13. The van der Waals surface area contributed by atoms with E-state index in [1.54, 1.807) is 30.5 Å². The lowest BCUT2D eigenvalue weighted by Gasteiger charge is -2.11. The molecule has 27 heavy (non-hydrogen) atoms. The highest BCUT2D eigenvalue weighted by Crippen LogP contribution is 2.29. The quantitative estimate of drug-likeness (QED) is 0.259. The Morgan fingerprint density at radius 2 is 1.93 bits per heavy atom. The molecule has 0 aliphatic heterocycles. The molecule has 0 saturated carbocycles. The number of nitrogens with two attached hydrogens (primary N) is 1. The summed E-state index contributed by atoms with van der Waals surface area (Å²) >= 11 is 0. The average Bonchev–Trinajstić information content (AvgIpc) is 3.27. The molecule has 9 heteroatoms. The van der Waals surface area contributed by atoms with Gasteiger partial charge in [-0.3, -0.25) is 10.2 Å². The normalized spacial score (nSPS) is 12.2. The number of nitrogens with zero attached hydrogens (tertiary/aromatic N) is 2. The smallest absolute Gasteiger partial charge is 0.157 e. The number of aromatic nitrogens is 4. The molecule has 0 aliphatic carbocycles. The van der Waals surface area contributed by atoms with Crippen molar-refractivity contribution in [1.29, 1.82) is 0 Å². The number of aliphatic hydroxyl groups is 1. The van der Waals surface area contributed by atoms with Gasteiger partial charge in [0.2, 0.25) is 0 Å². The van der Waals surface area contributed by atoms with Crippen LogP contribution < -0.4 is 16.4 Å². The van der Waals surface area contributed by atoms with E-state index >= 15 is 0 Å². The zero-order valence-electron chi connectivity index (χ0n) is 14.3. The Kier molecular flexibility index (Phi) is 4.37. The number of aromatic hydroxyl groups is 1. The number of nitrogens with one attached hydrogen (secondary N) is 4. The molecular weight excluding hydrogens is 346 g/mol. The first-order chi connectivity index (χ1) is 13.1. The second-order valence-electron chi connectivity index (χ2n) is 6.12. The summed E-state index contributed by atoms with van der Waals surface area (Å²) in [5.74, 6) is 1.16. The number of aromatic amines is 2. The van der Waals surface area contributed by atoms with Gasteiger partial charge >= 0.3 is 0 Å². The summed E-state index contributed by atoms with van der Waals surface area (Å²) in [5, 5.41) is 40.6. The van der Waals surface area contributed by atoms with Crippen molar-refractivity contribution in [2.45, 2.75) is 12.8 Å². The maximum atomic E-state index is 10.0. The fourth-order valence-corrected chi connectivity index (χ4v) is 2.83. The van der Waals surface area contributed by atoms with E-state index in [1.807, 2.05) is 18.2 Å². The summed E-state index contributed by atoms with van der Waals surface area (Å²) in [5.41, 5.74) is 8.86. The van der Waals surface area contributed by atoms with Crippen molar-refractivity contribution in [3.63, 3.8) is 0 Å². The Morgan fingerprint density at radius 1 is 1.11 bits per heavy atom. The molecule has 0 spiro atoms. The van der Waals surface area contributed by atoms with Gasteiger partial charge in [0.15, 0.2) is 5.82 Å². The molecule has 2 aromatic heterocycles. The highest BCUT2D eigenvalue weighted by atomic mass is 16.3. The summed E-state index contributed by atoms with van der Waals surface area (Å²) in [6.45, 7) is 0.464. The molecule has 2 heterocycles. The molecule has 1 atom stereocenters. The first kappa shape index (κ1) is 16.9. The Hall–Kier alpha value is -3.56. The van der Waals surface area contributed by atoms with Crippen LogP contribution in [0.2, 0.25) is 0 Å². The third-order valence-corrected chi connectivity index (χ3v) is 4.21. The molecule has 2 aromatic carbocycles. The maximum Gasteiger partial charge on any atom is 0.157 e. The van der Waals surface area contributed by atoms with Gasteiger partial charge in [0.05, 0.1) is 17.3 Å². The van der Waals surface area contributed by atoms with Crippen LogP contribution in [-0.2, 0) is 6.54 Å². The summed E-state index contributed by atoms with van der Waals surface area (Å²) in [7, 11) is 0. The van der Waals surface area contributed by atoms with E-state index in [2.05, 4.69) is 31.0 Å². The Bertz CT molecular complexity index is 1050. The minimum absolute atomic E-state index is 0.206. The van der Waals surface area contributed by atoms with Gasteiger partial charge in [0, 0.05) is 17.6 Å². The van der Waals surface area contributed by atoms with Crippen molar-refractivity contribution in [2.24, 2.45) is 5.73 Å². The van der Waals surface area contributed by atoms with Crippen LogP contribution in [0, 0.1) is 0 Å². The van der Waals surface area contributed by atoms with E-state index in [0.717, 1.165) is 22.2 Å². The molecule has 4 rings (SSSR count). The number of phenolic OH excluding ortho intramolecular Hbond substituents is 1. The summed E-state index contributed by atoms with van der Waals surface area (Å²) in [6, 6.07) is 12.5. The monoisotopic (exact) mass is 365 g/mol. The van der Waals surface area contributed by atoms with Crippen LogP contribution in [-0.4, -0.2) is 30.6 Å². The number of anilines is 3. The highest BCUT2D eigenvalue weighted by molar-refractivity contribution is 5.83. The standard InChI is InChI=1S/C18H19N7O2/c19-16(27)15-17(20-8-10-1-4-13(26)5-2-10)24-25-18(15)22-12-3-6-14-11(7-12)9-21-23-14/h1-7,9,16,26-27H,8,19H2,(H,21,23)(H3,20,22,24,25). The van der Waals surface area contributed by atoms with Crippen LogP contribution in [0.5, 0.6) is 5.75 Å². The van der Waals surface area contributed by atoms with Gasteiger partial charge < -0.3 is 26.6 Å². The molecular formula is C18H19N7O2. The van der Waals surface area contributed by atoms with Crippen LogP contribution in [0.1, 0.15) is 17.4 Å². The van der Waals surface area contributed by atoms with Gasteiger partial charge in [0.1, 0.15) is 17.8 Å². The van der Waals surface area contributed by atoms with Gasteiger partial charge in [-0.25, -0.2) is 0 Å². The molecule has 0 amide bonds. The molecule has 0 saturated heterocycles. The van der Waals surface area contributed by atoms with E-state index < -0.39 is 6.23 Å². The second-order valence-corrected chi connectivity index (χ2v) is 6.12. The van der Waals surface area contributed by atoms with E-state index in [1.165, 1.54) is 0 Å². The minimum Gasteiger partial charge on any atom is -0.508 e. The van der Waals surface area contributed by atoms with E-state index in [4.69, 9.17) is 5.73 Å². The Balaban J connectivity index is 1.55. The van der Waals surface area contributed by atoms with Crippen LogP contribution in [0.4, 0.5) is 17.3 Å².